The number of rotatable bonds is 7. The molecular formula is C16H22N2O4. The topological polar surface area (TPSA) is 88.5 Å². The molecule has 6 heteroatoms. The molecule has 1 heterocycles. The Morgan fingerprint density at radius 3 is 2.68 bits per heavy atom. The minimum absolute atomic E-state index is 0.173. The molecule has 1 saturated carbocycles. The van der Waals surface area contributed by atoms with Gasteiger partial charge in [0, 0.05) is 18.8 Å². The van der Waals surface area contributed by atoms with Gasteiger partial charge in [0.25, 0.3) is 0 Å². The van der Waals surface area contributed by atoms with E-state index in [1.54, 1.807) is 12.4 Å². The van der Waals surface area contributed by atoms with Crippen molar-refractivity contribution < 1.29 is 19.4 Å². The number of hydrogen-bond acceptors (Lipinski definition) is 4. The van der Waals surface area contributed by atoms with E-state index in [1.165, 1.54) is 0 Å². The molecule has 1 fully saturated rings. The first-order valence-electron chi connectivity index (χ1n) is 7.51. The van der Waals surface area contributed by atoms with Crippen molar-refractivity contribution in [1.82, 2.24) is 10.3 Å². The van der Waals surface area contributed by atoms with Crippen molar-refractivity contribution in [3.63, 3.8) is 0 Å². The second kappa shape index (κ2) is 6.77. The van der Waals surface area contributed by atoms with Gasteiger partial charge in [0.05, 0.1) is 0 Å². The van der Waals surface area contributed by atoms with Crippen LogP contribution in [-0.4, -0.2) is 33.8 Å². The van der Waals surface area contributed by atoms with Gasteiger partial charge in [0.2, 0.25) is 0 Å². The molecule has 1 aromatic heterocycles. The minimum Gasteiger partial charge on any atom is -0.480 e. The Morgan fingerprint density at radius 1 is 1.45 bits per heavy atom. The monoisotopic (exact) mass is 306 g/mol. The van der Waals surface area contributed by atoms with E-state index in [1.807, 2.05) is 26.0 Å². The van der Waals surface area contributed by atoms with Gasteiger partial charge in [-0.3, -0.25) is 4.98 Å². The van der Waals surface area contributed by atoms with E-state index in [9.17, 15) is 9.59 Å². The van der Waals surface area contributed by atoms with E-state index < -0.39 is 23.7 Å². The van der Waals surface area contributed by atoms with Gasteiger partial charge in [-0.1, -0.05) is 19.9 Å². The molecule has 120 valence electrons. The van der Waals surface area contributed by atoms with E-state index >= 15 is 0 Å². The number of aliphatic carboxylic acids is 1. The molecule has 22 heavy (non-hydrogen) atoms. The van der Waals surface area contributed by atoms with Crippen LogP contribution in [0, 0.1) is 5.92 Å². The van der Waals surface area contributed by atoms with Crippen LogP contribution in [0.3, 0.4) is 0 Å². The smallest absolute Gasteiger partial charge is 0.408 e. The van der Waals surface area contributed by atoms with E-state index in [0.29, 0.717) is 12.8 Å². The van der Waals surface area contributed by atoms with Gasteiger partial charge in [0.1, 0.15) is 11.6 Å². The number of amides is 1. The highest BCUT2D eigenvalue weighted by atomic mass is 16.6. The highest BCUT2D eigenvalue weighted by molar-refractivity contribution is 5.80. The third-order valence-electron chi connectivity index (χ3n) is 3.66. The van der Waals surface area contributed by atoms with Gasteiger partial charge in [0.15, 0.2) is 0 Å². The number of hydrogen-bond donors (Lipinski definition) is 2. The summed E-state index contributed by atoms with van der Waals surface area (Å²) in [5, 5.41) is 11.6. The molecule has 0 bridgehead atoms. The molecule has 0 aromatic carbocycles. The third-order valence-corrected chi connectivity index (χ3v) is 3.66. The molecule has 0 aliphatic heterocycles. The first-order valence-corrected chi connectivity index (χ1v) is 7.51. The summed E-state index contributed by atoms with van der Waals surface area (Å²) < 4.78 is 5.47. The standard InChI is InChI=1S/C16H22N2O4/c1-11(2)8-13(14(19)20)18-15(21)22-16(5-6-16)9-12-4-3-7-17-10-12/h3-4,7,10-11,13H,5-6,8-9H2,1-2H3,(H,18,21)(H,19,20). The maximum absolute atomic E-state index is 12.0. The van der Waals surface area contributed by atoms with E-state index in [0.717, 1.165) is 18.4 Å². The molecule has 1 aliphatic rings. The molecule has 0 saturated heterocycles. The largest absolute Gasteiger partial charge is 0.480 e. The number of aromatic nitrogens is 1. The first kappa shape index (κ1) is 16.3. The lowest BCUT2D eigenvalue weighted by molar-refractivity contribution is -0.139. The zero-order chi connectivity index (χ0) is 16.2. The molecule has 0 spiro atoms. The molecule has 6 nitrogen and oxygen atoms in total. The molecule has 1 unspecified atom stereocenters. The maximum atomic E-state index is 12.0. The van der Waals surface area contributed by atoms with E-state index in [-0.39, 0.29) is 5.92 Å². The summed E-state index contributed by atoms with van der Waals surface area (Å²) in [4.78, 5) is 27.2. The Kier molecular flexibility index (Phi) is 5.00. The predicted octanol–water partition coefficient (Wildman–Crippen LogP) is 2.38. The van der Waals surface area contributed by atoms with Crippen LogP contribution in [0.5, 0.6) is 0 Å². The second-order valence-corrected chi connectivity index (χ2v) is 6.28. The first-order chi connectivity index (χ1) is 10.4. The molecule has 0 radical (unpaired) electrons. The summed E-state index contributed by atoms with van der Waals surface area (Å²) in [5.41, 5.74) is 0.498. The molecule has 2 rings (SSSR count). The Hall–Kier alpha value is -2.11. The van der Waals surface area contributed by atoms with Crippen LogP contribution in [0.15, 0.2) is 24.5 Å². The normalized spacial score (nSPS) is 16.9. The number of carboxylic acids is 1. The van der Waals surface area contributed by atoms with Crippen LogP contribution in [0.1, 0.15) is 38.7 Å². The Morgan fingerprint density at radius 2 is 2.18 bits per heavy atom. The molecule has 1 aromatic rings. The van der Waals surface area contributed by atoms with Gasteiger partial charge >= 0.3 is 12.1 Å². The second-order valence-electron chi connectivity index (χ2n) is 6.28. The highest BCUT2D eigenvalue weighted by Gasteiger charge is 2.47. The Labute approximate surface area is 129 Å². The van der Waals surface area contributed by atoms with E-state index in [2.05, 4.69) is 10.3 Å². The van der Waals surface area contributed by atoms with Crippen LogP contribution in [-0.2, 0) is 16.0 Å². The van der Waals surface area contributed by atoms with Gasteiger partial charge < -0.3 is 15.2 Å². The van der Waals surface area contributed by atoms with Crippen molar-refractivity contribution in [3.05, 3.63) is 30.1 Å². The number of ether oxygens (including phenoxy) is 1. The average molecular weight is 306 g/mol. The fourth-order valence-corrected chi connectivity index (χ4v) is 2.39. The minimum atomic E-state index is -1.04. The number of nitrogens with zero attached hydrogens (tertiary/aromatic N) is 1. The maximum Gasteiger partial charge on any atom is 0.408 e. The van der Waals surface area contributed by atoms with E-state index in [4.69, 9.17) is 9.84 Å². The number of carbonyl (C=O) groups excluding carboxylic acids is 1. The van der Waals surface area contributed by atoms with Crippen molar-refractivity contribution in [1.29, 1.82) is 0 Å². The Balaban J connectivity index is 1.89. The average Bonchev–Trinajstić information content (AvgIpc) is 3.17. The summed E-state index contributed by atoms with van der Waals surface area (Å²) in [6, 6.07) is 2.86. The molecule has 1 aliphatic carbocycles. The van der Waals surface area contributed by atoms with Crippen LogP contribution in [0.2, 0.25) is 0 Å². The number of nitrogens with one attached hydrogen (secondary N) is 1. The molecule has 1 amide bonds. The number of carboxylic acid groups (broad SMARTS) is 1. The number of pyridine rings is 1. The third kappa shape index (κ3) is 4.72. The zero-order valence-corrected chi connectivity index (χ0v) is 12.9. The molecule has 2 N–H and O–H groups in total. The van der Waals surface area contributed by atoms with Crippen LogP contribution < -0.4 is 5.32 Å². The Bertz CT molecular complexity index is 526. The summed E-state index contributed by atoms with van der Waals surface area (Å²) in [6.45, 7) is 3.82. The van der Waals surface area contributed by atoms with Gasteiger partial charge in [-0.25, -0.2) is 9.59 Å². The van der Waals surface area contributed by atoms with Crippen LogP contribution in [0.25, 0.3) is 0 Å². The lowest BCUT2D eigenvalue weighted by Gasteiger charge is -2.20. The zero-order valence-electron chi connectivity index (χ0n) is 12.9. The van der Waals surface area contributed by atoms with Crippen molar-refractivity contribution in [2.75, 3.05) is 0 Å². The summed E-state index contributed by atoms with van der Waals surface area (Å²) in [6.07, 6.45) is 5.35. The van der Waals surface area contributed by atoms with Crippen molar-refractivity contribution in [2.45, 2.75) is 51.2 Å². The van der Waals surface area contributed by atoms with Gasteiger partial charge in [-0.2, -0.15) is 0 Å². The fraction of sp³-hybridized carbons (Fsp3) is 0.562. The summed E-state index contributed by atoms with van der Waals surface area (Å²) in [5.74, 6) is -0.866. The van der Waals surface area contributed by atoms with Crippen LogP contribution >= 0.6 is 0 Å². The summed E-state index contributed by atoms with van der Waals surface area (Å²) >= 11 is 0. The van der Waals surface area contributed by atoms with Crippen molar-refractivity contribution >= 4 is 12.1 Å². The lowest BCUT2D eigenvalue weighted by Crippen LogP contribution is -2.43. The predicted molar refractivity (Wildman–Crippen MR) is 80.4 cm³/mol. The highest BCUT2D eigenvalue weighted by Crippen LogP contribution is 2.42. The van der Waals surface area contributed by atoms with Gasteiger partial charge in [-0.05, 0) is 36.8 Å². The van der Waals surface area contributed by atoms with Gasteiger partial charge in [-0.15, -0.1) is 0 Å². The fourth-order valence-electron chi connectivity index (χ4n) is 2.39. The van der Waals surface area contributed by atoms with Crippen molar-refractivity contribution in [2.24, 2.45) is 5.92 Å². The molecular weight excluding hydrogens is 284 g/mol. The number of carbonyl (C=O) groups is 2. The molecule has 1 atom stereocenters. The van der Waals surface area contributed by atoms with Crippen LogP contribution in [0.4, 0.5) is 4.79 Å². The van der Waals surface area contributed by atoms with Crippen molar-refractivity contribution in [3.8, 4) is 0 Å². The number of alkyl carbamates (subject to hydrolysis) is 1. The quantitative estimate of drug-likeness (QED) is 0.807. The lowest BCUT2D eigenvalue weighted by atomic mass is 10.0. The summed E-state index contributed by atoms with van der Waals surface area (Å²) in [7, 11) is 0. The SMILES string of the molecule is CC(C)CC(NC(=O)OC1(Cc2cccnc2)CC1)C(=O)O.